The van der Waals surface area contributed by atoms with Crippen molar-refractivity contribution in [2.45, 2.75) is 0 Å². The van der Waals surface area contributed by atoms with Crippen LogP contribution < -0.4 is 20.7 Å². The van der Waals surface area contributed by atoms with Gasteiger partial charge in [-0.05, 0) is 140 Å². The third-order valence-corrected chi connectivity index (χ3v) is 22.4. The van der Waals surface area contributed by atoms with E-state index in [4.69, 9.17) is 0 Å². The molecule has 12 aromatic carbocycles. The normalized spacial score (nSPS) is 13.3. The topological polar surface area (TPSA) is 19.7 Å². The van der Waals surface area contributed by atoms with Crippen molar-refractivity contribution < 1.29 is 0 Å². The summed E-state index contributed by atoms with van der Waals surface area (Å²) < 4.78 is 10.1. The highest BCUT2D eigenvalue weighted by atomic mass is 28.3. The number of fused-ring (bicyclic) bond motifs is 22. The molecule has 0 bridgehead atoms. The van der Waals surface area contributed by atoms with Crippen LogP contribution in [-0.4, -0.2) is 26.3 Å². The Bertz CT molecular complexity index is 4380. The third kappa shape index (κ3) is 5.30. The van der Waals surface area contributed by atoms with Gasteiger partial charge < -0.3 is 18.3 Å². The van der Waals surface area contributed by atoms with Gasteiger partial charge in [-0.2, -0.15) is 0 Å². The second kappa shape index (κ2) is 15.1. The average molecular weight is 993 g/mol. The second-order valence-electron chi connectivity index (χ2n) is 21.1. The van der Waals surface area contributed by atoms with Crippen LogP contribution in [-0.2, 0) is 0 Å². The molecule has 5 heteroatoms. The molecule has 16 aromatic rings. The number of aromatic nitrogens is 4. The predicted octanol–water partition coefficient (Wildman–Crippen LogP) is 15.4. The number of para-hydroxylation sites is 8. The van der Waals surface area contributed by atoms with Gasteiger partial charge in [0.25, 0.3) is 0 Å². The maximum absolute atomic E-state index is 3.32. The molecule has 4 nitrogen and oxygen atoms in total. The molecule has 0 saturated heterocycles. The van der Waals surface area contributed by atoms with Crippen LogP contribution >= 0.6 is 0 Å². The Morgan fingerprint density at radius 2 is 0.351 bits per heavy atom. The zero-order chi connectivity index (χ0) is 50.1. The zero-order valence-electron chi connectivity index (χ0n) is 41.7. The van der Waals surface area contributed by atoms with Crippen molar-refractivity contribution >= 4 is 116 Å². The predicted molar refractivity (Wildman–Crippen MR) is 325 cm³/mol. The van der Waals surface area contributed by atoms with E-state index in [-0.39, 0.29) is 0 Å². The maximum Gasteiger partial charge on any atom is 0.182 e. The SMILES string of the molecule is c1ccc2c(c1)c1ccccc1n2-c1ccc2c(c1)[Si]1(c3cc(-n4c5ccccc5c5ccccc54)ccc3-2)c2cc(-n3c4ccccc4c4ccccc43)ccc2-c2ccc(-n3c4ccccc4c4ccccc43)cc21. The lowest BCUT2D eigenvalue weighted by atomic mass is 10.0. The Hall–Kier alpha value is -9.94. The van der Waals surface area contributed by atoms with E-state index < -0.39 is 8.07 Å². The fourth-order valence-corrected chi connectivity index (χ4v) is 20.2. The van der Waals surface area contributed by atoms with E-state index in [1.165, 1.54) is 153 Å². The molecule has 0 amide bonds. The lowest BCUT2D eigenvalue weighted by molar-refractivity contribution is 1.18. The van der Waals surface area contributed by atoms with Crippen LogP contribution in [0, 0.1) is 0 Å². The fraction of sp³-hybridized carbons (Fsp3) is 0. The van der Waals surface area contributed by atoms with Gasteiger partial charge in [0.1, 0.15) is 0 Å². The summed E-state index contributed by atoms with van der Waals surface area (Å²) in [7, 11) is -3.32. The Labute approximate surface area is 443 Å². The van der Waals surface area contributed by atoms with Gasteiger partial charge in [0.05, 0.1) is 44.1 Å². The second-order valence-corrected chi connectivity index (χ2v) is 24.8. The quantitative estimate of drug-likeness (QED) is 0.157. The molecule has 356 valence electrons. The Balaban J connectivity index is 0.999. The molecule has 4 aromatic heterocycles. The molecule has 0 aliphatic carbocycles. The Morgan fingerprint density at radius 3 is 0.532 bits per heavy atom. The molecule has 2 aliphatic rings. The highest BCUT2D eigenvalue weighted by Crippen LogP contribution is 2.43. The molecule has 0 N–H and O–H groups in total. The van der Waals surface area contributed by atoms with Crippen LogP contribution in [0.1, 0.15) is 0 Å². The molecule has 0 radical (unpaired) electrons. The van der Waals surface area contributed by atoms with Crippen LogP contribution in [0.2, 0.25) is 0 Å². The zero-order valence-corrected chi connectivity index (χ0v) is 42.7. The van der Waals surface area contributed by atoms with Crippen molar-refractivity contribution in [2.75, 3.05) is 0 Å². The summed E-state index contributed by atoms with van der Waals surface area (Å²) in [5, 5.41) is 15.8. The summed E-state index contributed by atoms with van der Waals surface area (Å²) in [5.41, 5.74) is 19.6. The average Bonchev–Trinajstić information content (AvgIpc) is 4.47. The van der Waals surface area contributed by atoms with Gasteiger partial charge in [0, 0.05) is 65.8 Å². The molecule has 0 unspecified atom stereocenters. The molecule has 1 spiro atoms. The molecule has 6 heterocycles. The summed E-state index contributed by atoms with van der Waals surface area (Å²) in [5.74, 6) is 0. The highest BCUT2D eigenvalue weighted by molar-refractivity contribution is 7.24. The van der Waals surface area contributed by atoms with E-state index in [1.807, 2.05) is 0 Å². The number of hydrogen-bond donors (Lipinski definition) is 0. The van der Waals surface area contributed by atoms with Crippen molar-refractivity contribution in [2.24, 2.45) is 0 Å². The number of benzene rings is 12. The molecule has 0 atom stereocenters. The highest BCUT2D eigenvalue weighted by Gasteiger charge is 2.55. The minimum absolute atomic E-state index is 1.18. The first kappa shape index (κ1) is 41.4. The van der Waals surface area contributed by atoms with Gasteiger partial charge in [0.15, 0.2) is 8.07 Å². The smallest absolute Gasteiger partial charge is 0.182 e. The van der Waals surface area contributed by atoms with Crippen LogP contribution in [0.25, 0.3) is 132 Å². The van der Waals surface area contributed by atoms with Crippen LogP contribution in [0.15, 0.2) is 267 Å². The fourth-order valence-electron chi connectivity index (χ4n) is 14.5. The largest absolute Gasteiger partial charge is 0.309 e. The van der Waals surface area contributed by atoms with Crippen LogP contribution in [0.4, 0.5) is 0 Å². The molecular weight excluding hydrogens is 949 g/mol. The Morgan fingerprint density at radius 1 is 0.182 bits per heavy atom. The standard InChI is InChI=1S/C72H44N4Si/c1-9-25-61-49(17-1)50-18-2-10-26-62(50)73(61)45-33-37-57-58-38-34-46(74-63-27-11-3-19-51(63)52-20-4-12-28-64(52)74)42-70(58)77(69(57)41-45)71-43-47(75-65-29-13-5-21-53(65)54-22-6-14-30-66(54)75)35-39-59(71)60-40-36-48(44-72(60)77)76-67-31-15-7-23-55(67)56-24-8-16-32-68(56)76/h1-44H. The van der Waals surface area contributed by atoms with Crippen molar-refractivity contribution in [3.05, 3.63) is 267 Å². The lowest BCUT2D eigenvalue weighted by Crippen LogP contribution is -2.71. The maximum atomic E-state index is 2.61. The molecule has 2 aliphatic heterocycles. The van der Waals surface area contributed by atoms with Crippen molar-refractivity contribution in [3.8, 4) is 45.0 Å². The minimum atomic E-state index is -3.32. The van der Waals surface area contributed by atoms with Gasteiger partial charge >= 0.3 is 0 Å². The van der Waals surface area contributed by atoms with Gasteiger partial charge in [-0.15, -0.1) is 0 Å². The van der Waals surface area contributed by atoms with Crippen molar-refractivity contribution in [3.63, 3.8) is 0 Å². The molecule has 0 saturated carbocycles. The monoisotopic (exact) mass is 992 g/mol. The molecule has 77 heavy (non-hydrogen) atoms. The van der Waals surface area contributed by atoms with E-state index in [0.717, 1.165) is 0 Å². The lowest BCUT2D eigenvalue weighted by Gasteiger charge is -2.29. The first-order valence-corrected chi connectivity index (χ1v) is 28.8. The summed E-state index contributed by atoms with van der Waals surface area (Å²) in [6, 6.07) is 101. The minimum Gasteiger partial charge on any atom is -0.309 e. The Kier molecular flexibility index (Phi) is 8.12. The number of rotatable bonds is 4. The summed E-state index contributed by atoms with van der Waals surface area (Å²) in [4.78, 5) is 0. The van der Waals surface area contributed by atoms with E-state index in [2.05, 4.69) is 285 Å². The third-order valence-electron chi connectivity index (χ3n) is 17.6. The number of nitrogens with zero attached hydrogens (tertiary/aromatic N) is 4. The van der Waals surface area contributed by atoms with Gasteiger partial charge in [-0.3, -0.25) is 0 Å². The van der Waals surface area contributed by atoms with Crippen LogP contribution in [0.5, 0.6) is 0 Å². The van der Waals surface area contributed by atoms with E-state index in [1.54, 1.807) is 0 Å². The van der Waals surface area contributed by atoms with Crippen LogP contribution in [0.3, 0.4) is 0 Å². The number of hydrogen-bond acceptors (Lipinski definition) is 0. The summed E-state index contributed by atoms with van der Waals surface area (Å²) in [6.07, 6.45) is 0. The summed E-state index contributed by atoms with van der Waals surface area (Å²) in [6.45, 7) is 0. The summed E-state index contributed by atoms with van der Waals surface area (Å²) >= 11 is 0. The van der Waals surface area contributed by atoms with Crippen molar-refractivity contribution in [1.29, 1.82) is 0 Å². The van der Waals surface area contributed by atoms with Gasteiger partial charge in [-0.25, -0.2) is 0 Å². The first-order valence-electron chi connectivity index (χ1n) is 26.8. The molecular formula is C72H44N4Si. The van der Waals surface area contributed by atoms with E-state index in [0.29, 0.717) is 0 Å². The van der Waals surface area contributed by atoms with Gasteiger partial charge in [-0.1, -0.05) is 170 Å². The first-order chi connectivity index (χ1) is 38.2. The van der Waals surface area contributed by atoms with Crippen molar-refractivity contribution in [1.82, 2.24) is 18.3 Å². The van der Waals surface area contributed by atoms with E-state index >= 15 is 0 Å². The van der Waals surface area contributed by atoms with E-state index in [9.17, 15) is 0 Å². The molecule has 0 fully saturated rings. The molecule has 18 rings (SSSR count). The van der Waals surface area contributed by atoms with Gasteiger partial charge in [0.2, 0.25) is 0 Å².